The van der Waals surface area contributed by atoms with Crippen LogP contribution in [-0.4, -0.2) is 46.9 Å². The van der Waals surface area contributed by atoms with Crippen molar-refractivity contribution < 1.29 is 24.3 Å². The number of carbonyl (C=O) groups is 4. The summed E-state index contributed by atoms with van der Waals surface area (Å²) in [5.74, 6) is -3.59. The third kappa shape index (κ3) is 6.70. The second-order valence-corrected chi connectivity index (χ2v) is 5.08. The van der Waals surface area contributed by atoms with Crippen LogP contribution >= 0.6 is 0 Å². The second-order valence-electron chi connectivity index (χ2n) is 5.08. The topological polar surface area (TPSA) is 165 Å². The SMILES string of the molecule is CC(NC(=O)C(N)CC(N)=O)C(=O)NC(C(=O)O)C(C)C. The Morgan fingerprint density at radius 1 is 1.05 bits per heavy atom. The Hall–Kier alpha value is -2.16. The zero-order valence-corrected chi connectivity index (χ0v) is 12.3. The highest BCUT2D eigenvalue weighted by Crippen LogP contribution is 2.02. The lowest BCUT2D eigenvalue weighted by Gasteiger charge is -2.21. The zero-order chi connectivity index (χ0) is 16.7. The number of carbonyl (C=O) groups excluding carboxylic acids is 3. The molecule has 0 radical (unpaired) electrons. The first-order valence-electron chi connectivity index (χ1n) is 6.43. The quantitative estimate of drug-likeness (QED) is 0.345. The number of hydrogen-bond acceptors (Lipinski definition) is 5. The van der Waals surface area contributed by atoms with Crippen LogP contribution in [0, 0.1) is 5.92 Å². The van der Waals surface area contributed by atoms with Crippen LogP contribution in [0.25, 0.3) is 0 Å². The molecule has 120 valence electrons. The van der Waals surface area contributed by atoms with Gasteiger partial charge in [-0.25, -0.2) is 4.79 Å². The smallest absolute Gasteiger partial charge is 0.326 e. The van der Waals surface area contributed by atoms with Crippen molar-refractivity contribution in [3.63, 3.8) is 0 Å². The molecular formula is C12H22N4O5. The molecule has 0 spiro atoms. The van der Waals surface area contributed by atoms with Gasteiger partial charge in [-0.2, -0.15) is 0 Å². The fraction of sp³-hybridized carbons (Fsp3) is 0.667. The summed E-state index contributed by atoms with van der Waals surface area (Å²) >= 11 is 0. The highest BCUT2D eigenvalue weighted by Gasteiger charge is 2.27. The first-order chi connectivity index (χ1) is 9.56. The Morgan fingerprint density at radius 2 is 1.57 bits per heavy atom. The Labute approximate surface area is 122 Å². The van der Waals surface area contributed by atoms with Crippen molar-refractivity contribution in [2.45, 2.75) is 45.3 Å². The van der Waals surface area contributed by atoms with Gasteiger partial charge in [0.2, 0.25) is 17.7 Å². The molecule has 3 amide bonds. The van der Waals surface area contributed by atoms with Crippen molar-refractivity contribution in [1.82, 2.24) is 10.6 Å². The fourth-order valence-electron chi connectivity index (χ4n) is 1.49. The summed E-state index contributed by atoms with van der Waals surface area (Å²) in [7, 11) is 0. The molecule has 0 saturated heterocycles. The third-order valence-corrected chi connectivity index (χ3v) is 2.74. The number of nitrogens with one attached hydrogen (secondary N) is 2. The minimum Gasteiger partial charge on any atom is -0.480 e. The number of rotatable bonds is 8. The summed E-state index contributed by atoms with van der Waals surface area (Å²) in [6, 6.07) is -3.20. The summed E-state index contributed by atoms with van der Waals surface area (Å²) < 4.78 is 0. The molecule has 0 aliphatic rings. The van der Waals surface area contributed by atoms with Gasteiger partial charge in [0.15, 0.2) is 0 Å². The van der Waals surface area contributed by atoms with Crippen molar-refractivity contribution in [2.24, 2.45) is 17.4 Å². The van der Waals surface area contributed by atoms with Gasteiger partial charge in [0.1, 0.15) is 12.1 Å². The van der Waals surface area contributed by atoms with Gasteiger partial charge in [-0.1, -0.05) is 13.8 Å². The van der Waals surface area contributed by atoms with Crippen LogP contribution in [0.1, 0.15) is 27.2 Å². The molecular weight excluding hydrogens is 280 g/mol. The summed E-state index contributed by atoms with van der Waals surface area (Å²) in [6.45, 7) is 4.67. The van der Waals surface area contributed by atoms with Crippen molar-refractivity contribution in [3.05, 3.63) is 0 Å². The monoisotopic (exact) mass is 302 g/mol. The minimum atomic E-state index is -1.16. The molecule has 0 aliphatic carbocycles. The number of primary amides is 1. The predicted molar refractivity (Wildman–Crippen MR) is 73.8 cm³/mol. The predicted octanol–water partition coefficient (Wildman–Crippen LogP) is -2.08. The number of hydrogen-bond donors (Lipinski definition) is 5. The molecule has 7 N–H and O–H groups in total. The molecule has 0 aromatic carbocycles. The minimum absolute atomic E-state index is 0.313. The van der Waals surface area contributed by atoms with E-state index in [1.54, 1.807) is 13.8 Å². The van der Waals surface area contributed by atoms with Gasteiger partial charge >= 0.3 is 5.97 Å². The summed E-state index contributed by atoms with van der Waals surface area (Å²) in [5, 5.41) is 13.6. The average Bonchev–Trinajstić information content (AvgIpc) is 2.33. The third-order valence-electron chi connectivity index (χ3n) is 2.74. The van der Waals surface area contributed by atoms with Gasteiger partial charge in [-0.05, 0) is 12.8 Å². The molecule has 3 atom stereocenters. The largest absolute Gasteiger partial charge is 0.480 e. The Bertz CT molecular complexity index is 424. The van der Waals surface area contributed by atoms with Gasteiger partial charge < -0.3 is 27.2 Å². The van der Waals surface area contributed by atoms with Gasteiger partial charge in [-0.3, -0.25) is 14.4 Å². The summed E-state index contributed by atoms with van der Waals surface area (Å²) in [4.78, 5) is 45.1. The van der Waals surface area contributed by atoms with E-state index in [9.17, 15) is 19.2 Å². The first-order valence-corrected chi connectivity index (χ1v) is 6.43. The zero-order valence-electron chi connectivity index (χ0n) is 12.3. The van der Waals surface area contributed by atoms with Crippen LogP contribution < -0.4 is 22.1 Å². The molecule has 0 saturated carbocycles. The lowest BCUT2D eigenvalue weighted by atomic mass is 10.0. The Kier molecular flexibility index (Phi) is 7.36. The molecule has 0 aromatic rings. The second kappa shape index (κ2) is 8.20. The first kappa shape index (κ1) is 18.8. The van der Waals surface area contributed by atoms with Crippen LogP contribution in [0.3, 0.4) is 0 Å². The van der Waals surface area contributed by atoms with Crippen LogP contribution in [-0.2, 0) is 19.2 Å². The van der Waals surface area contributed by atoms with Crippen molar-refractivity contribution in [2.75, 3.05) is 0 Å². The summed E-state index contributed by atoms with van der Waals surface area (Å²) in [6.07, 6.45) is -0.343. The van der Waals surface area contributed by atoms with Crippen molar-refractivity contribution in [1.29, 1.82) is 0 Å². The molecule has 3 unspecified atom stereocenters. The number of carboxylic acid groups (broad SMARTS) is 1. The number of carboxylic acids is 1. The maximum Gasteiger partial charge on any atom is 0.326 e. The molecule has 9 nitrogen and oxygen atoms in total. The molecule has 0 bridgehead atoms. The molecule has 0 aromatic heterocycles. The maximum atomic E-state index is 11.8. The van der Waals surface area contributed by atoms with E-state index in [1.165, 1.54) is 6.92 Å². The van der Waals surface area contributed by atoms with Gasteiger partial charge in [0.05, 0.1) is 12.5 Å². The van der Waals surface area contributed by atoms with E-state index in [0.717, 1.165) is 0 Å². The van der Waals surface area contributed by atoms with E-state index >= 15 is 0 Å². The molecule has 0 heterocycles. The Morgan fingerprint density at radius 3 is 1.95 bits per heavy atom. The van der Waals surface area contributed by atoms with E-state index < -0.39 is 41.8 Å². The van der Waals surface area contributed by atoms with E-state index in [4.69, 9.17) is 16.6 Å². The van der Waals surface area contributed by atoms with Crippen LogP contribution in [0.5, 0.6) is 0 Å². The number of aliphatic carboxylic acids is 1. The van der Waals surface area contributed by atoms with Crippen LogP contribution in [0.15, 0.2) is 0 Å². The normalized spacial score (nSPS) is 14.9. The molecule has 0 fully saturated rings. The van der Waals surface area contributed by atoms with E-state index in [1.807, 2.05) is 0 Å². The lowest BCUT2D eigenvalue weighted by molar-refractivity contribution is -0.143. The summed E-state index contributed by atoms with van der Waals surface area (Å²) in [5.41, 5.74) is 10.3. The molecule has 0 rings (SSSR count). The lowest BCUT2D eigenvalue weighted by Crippen LogP contribution is -2.54. The maximum absolute atomic E-state index is 11.8. The molecule has 0 aliphatic heterocycles. The number of amides is 3. The highest BCUT2D eigenvalue weighted by atomic mass is 16.4. The highest BCUT2D eigenvalue weighted by molar-refractivity contribution is 5.93. The van der Waals surface area contributed by atoms with Crippen LogP contribution in [0.4, 0.5) is 0 Å². The average molecular weight is 302 g/mol. The standard InChI is InChI=1S/C12H22N4O5/c1-5(2)9(12(20)21)16-10(18)6(3)15-11(19)7(13)4-8(14)17/h5-7,9H,4,13H2,1-3H3,(H2,14,17)(H,15,19)(H,16,18)(H,20,21). The van der Waals surface area contributed by atoms with Gasteiger partial charge in [-0.15, -0.1) is 0 Å². The van der Waals surface area contributed by atoms with E-state index in [-0.39, 0.29) is 12.3 Å². The van der Waals surface area contributed by atoms with Gasteiger partial charge in [0, 0.05) is 0 Å². The van der Waals surface area contributed by atoms with Crippen molar-refractivity contribution in [3.8, 4) is 0 Å². The van der Waals surface area contributed by atoms with E-state index in [2.05, 4.69) is 10.6 Å². The molecule has 9 heteroatoms. The van der Waals surface area contributed by atoms with Gasteiger partial charge in [0.25, 0.3) is 0 Å². The molecule has 21 heavy (non-hydrogen) atoms. The van der Waals surface area contributed by atoms with Crippen LogP contribution in [0.2, 0.25) is 0 Å². The van der Waals surface area contributed by atoms with Crippen molar-refractivity contribution >= 4 is 23.7 Å². The van der Waals surface area contributed by atoms with E-state index in [0.29, 0.717) is 0 Å². The number of nitrogens with two attached hydrogens (primary N) is 2. The fourth-order valence-corrected chi connectivity index (χ4v) is 1.49. The Balaban J connectivity index is 4.54.